The van der Waals surface area contributed by atoms with E-state index >= 15 is 0 Å². The molecule has 1 aromatic carbocycles. The predicted octanol–water partition coefficient (Wildman–Crippen LogP) is 1.28. The van der Waals surface area contributed by atoms with E-state index in [1.165, 1.54) is 13.4 Å². The number of imidazole rings is 1. The van der Waals surface area contributed by atoms with Crippen molar-refractivity contribution in [3.63, 3.8) is 0 Å². The largest absolute Gasteiger partial charge is 0.479 e. The van der Waals surface area contributed by atoms with Crippen LogP contribution in [0.2, 0.25) is 0 Å². The zero-order chi connectivity index (χ0) is 14.1. The minimum atomic E-state index is 0.224. The third kappa shape index (κ3) is 1.63. The minimum absolute atomic E-state index is 0.224. The minimum Gasteiger partial charge on any atom is -0.479 e. The maximum Gasteiger partial charge on any atom is 0.245 e. The van der Waals surface area contributed by atoms with Gasteiger partial charge in [-0.25, -0.2) is 9.97 Å². The molecule has 0 unspecified atom stereocenters. The summed E-state index contributed by atoms with van der Waals surface area (Å²) in [7, 11) is 1.50. The zero-order valence-electron chi connectivity index (χ0n) is 10.6. The molecule has 98 valence electrons. The number of nitrogens with zero attached hydrogens (tertiary/aromatic N) is 5. The molecule has 3 aromatic rings. The summed E-state index contributed by atoms with van der Waals surface area (Å²) in [6.45, 7) is 0. The Morgan fingerprint density at radius 3 is 2.85 bits per heavy atom. The molecule has 0 aliphatic rings. The summed E-state index contributed by atoms with van der Waals surface area (Å²) in [4.78, 5) is 12.4. The standard InChI is InChI=1S/C13H10N6O/c1-20-12-10-11(16-7-17-12)19(13(15)18-10)9-5-3-2-4-8(9)6-14/h2-5,7H,1H3,(H2,15,18). The second-order valence-electron chi connectivity index (χ2n) is 3.99. The SMILES string of the molecule is COc1ncnc2c1nc(N)n2-c1ccccc1C#N. The molecule has 0 aliphatic carbocycles. The van der Waals surface area contributed by atoms with Crippen LogP contribution in [0.15, 0.2) is 30.6 Å². The van der Waals surface area contributed by atoms with Crippen molar-refractivity contribution in [2.24, 2.45) is 0 Å². The third-order valence-corrected chi connectivity index (χ3v) is 2.90. The van der Waals surface area contributed by atoms with Crippen LogP contribution >= 0.6 is 0 Å². The number of anilines is 1. The van der Waals surface area contributed by atoms with Gasteiger partial charge in [0.05, 0.1) is 18.4 Å². The summed E-state index contributed by atoms with van der Waals surface area (Å²) in [6.07, 6.45) is 1.37. The lowest BCUT2D eigenvalue weighted by atomic mass is 10.2. The molecule has 2 aromatic heterocycles. The van der Waals surface area contributed by atoms with Crippen molar-refractivity contribution in [2.45, 2.75) is 0 Å². The Kier molecular flexibility index (Phi) is 2.69. The van der Waals surface area contributed by atoms with Crippen LogP contribution in [0, 0.1) is 11.3 Å². The number of benzene rings is 1. The second-order valence-corrected chi connectivity index (χ2v) is 3.99. The van der Waals surface area contributed by atoms with Crippen LogP contribution in [-0.2, 0) is 0 Å². The van der Waals surface area contributed by atoms with Gasteiger partial charge in [-0.1, -0.05) is 12.1 Å². The van der Waals surface area contributed by atoms with Crippen LogP contribution in [-0.4, -0.2) is 26.6 Å². The van der Waals surface area contributed by atoms with Crippen molar-refractivity contribution >= 4 is 17.1 Å². The van der Waals surface area contributed by atoms with Gasteiger partial charge in [-0.15, -0.1) is 0 Å². The summed E-state index contributed by atoms with van der Waals surface area (Å²) in [5, 5.41) is 9.20. The molecule has 0 aliphatic heterocycles. The first-order chi connectivity index (χ1) is 9.76. The molecular weight excluding hydrogens is 256 g/mol. The van der Waals surface area contributed by atoms with E-state index in [0.717, 1.165) is 0 Å². The monoisotopic (exact) mass is 266 g/mol. The first kappa shape index (κ1) is 11.9. The third-order valence-electron chi connectivity index (χ3n) is 2.90. The maximum absolute atomic E-state index is 9.20. The molecule has 0 bridgehead atoms. The Morgan fingerprint density at radius 2 is 2.10 bits per heavy atom. The van der Waals surface area contributed by atoms with Gasteiger partial charge in [0, 0.05) is 0 Å². The number of methoxy groups -OCH3 is 1. The number of nitrogens with two attached hydrogens (primary N) is 1. The van der Waals surface area contributed by atoms with Crippen molar-refractivity contribution in [3.05, 3.63) is 36.2 Å². The van der Waals surface area contributed by atoms with E-state index in [2.05, 4.69) is 21.0 Å². The van der Waals surface area contributed by atoms with Gasteiger partial charge >= 0.3 is 0 Å². The molecule has 0 amide bonds. The molecular formula is C13H10N6O. The molecule has 2 N–H and O–H groups in total. The number of hydrogen-bond acceptors (Lipinski definition) is 6. The first-order valence-corrected chi connectivity index (χ1v) is 5.78. The Balaban J connectivity index is 2.38. The number of rotatable bonds is 2. The highest BCUT2D eigenvalue weighted by Crippen LogP contribution is 2.27. The fourth-order valence-electron chi connectivity index (χ4n) is 2.04. The van der Waals surface area contributed by atoms with Crippen LogP contribution in [0.4, 0.5) is 5.95 Å². The average molecular weight is 266 g/mol. The topological polar surface area (TPSA) is 103 Å². The Labute approximate surface area is 114 Å². The molecule has 0 radical (unpaired) electrons. The predicted molar refractivity (Wildman–Crippen MR) is 72.3 cm³/mol. The second kappa shape index (κ2) is 4.51. The smallest absolute Gasteiger partial charge is 0.245 e. The van der Waals surface area contributed by atoms with Crippen LogP contribution < -0.4 is 10.5 Å². The van der Waals surface area contributed by atoms with Crippen molar-refractivity contribution < 1.29 is 4.74 Å². The summed E-state index contributed by atoms with van der Waals surface area (Å²) >= 11 is 0. The number of fused-ring (bicyclic) bond motifs is 1. The van der Waals surface area contributed by atoms with Crippen LogP contribution in [0.1, 0.15) is 5.56 Å². The molecule has 20 heavy (non-hydrogen) atoms. The summed E-state index contributed by atoms with van der Waals surface area (Å²) in [6, 6.07) is 9.22. The molecule has 7 nitrogen and oxygen atoms in total. The van der Waals surface area contributed by atoms with Crippen molar-refractivity contribution in [1.82, 2.24) is 19.5 Å². The molecule has 3 rings (SSSR count). The number of nitriles is 1. The lowest BCUT2D eigenvalue weighted by molar-refractivity contribution is 0.401. The number of nitrogen functional groups attached to an aromatic ring is 1. The molecule has 2 heterocycles. The van der Waals surface area contributed by atoms with Gasteiger partial charge in [-0.05, 0) is 12.1 Å². The highest BCUT2D eigenvalue weighted by atomic mass is 16.5. The molecule has 0 spiro atoms. The Bertz CT molecular complexity index is 832. The fourth-order valence-corrected chi connectivity index (χ4v) is 2.04. The van der Waals surface area contributed by atoms with Gasteiger partial charge in [0.1, 0.15) is 12.4 Å². The fraction of sp³-hybridized carbons (Fsp3) is 0.0769. The average Bonchev–Trinajstić information content (AvgIpc) is 2.82. The van der Waals surface area contributed by atoms with Gasteiger partial charge < -0.3 is 10.5 Å². The van der Waals surface area contributed by atoms with Gasteiger partial charge in [0.2, 0.25) is 11.8 Å². The van der Waals surface area contributed by atoms with E-state index < -0.39 is 0 Å². The van der Waals surface area contributed by atoms with Gasteiger partial charge in [-0.2, -0.15) is 10.2 Å². The first-order valence-electron chi connectivity index (χ1n) is 5.78. The molecule has 0 saturated carbocycles. The van der Waals surface area contributed by atoms with Crippen molar-refractivity contribution in [3.8, 4) is 17.6 Å². The summed E-state index contributed by atoms with van der Waals surface area (Å²) in [5.41, 5.74) is 8.01. The number of hydrogen-bond donors (Lipinski definition) is 1. The maximum atomic E-state index is 9.20. The van der Waals surface area contributed by atoms with E-state index in [4.69, 9.17) is 10.5 Å². The normalized spacial score (nSPS) is 10.4. The number of aromatic nitrogens is 4. The van der Waals surface area contributed by atoms with Crippen LogP contribution in [0.25, 0.3) is 16.9 Å². The van der Waals surface area contributed by atoms with Gasteiger partial charge in [-0.3, -0.25) is 4.57 Å². The Hall–Kier alpha value is -3.14. The van der Waals surface area contributed by atoms with E-state index in [9.17, 15) is 5.26 Å². The quantitative estimate of drug-likeness (QED) is 0.749. The summed E-state index contributed by atoms with van der Waals surface area (Å²) in [5.74, 6) is 0.566. The van der Waals surface area contributed by atoms with Gasteiger partial charge in [0.15, 0.2) is 11.2 Å². The van der Waals surface area contributed by atoms with Crippen LogP contribution in [0.5, 0.6) is 5.88 Å². The van der Waals surface area contributed by atoms with E-state index in [-0.39, 0.29) is 5.95 Å². The molecule has 7 heteroatoms. The lowest BCUT2D eigenvalue weighted by Crippen LogP contribution is -2.03. The molecule has 0 saturated heterocycles. The highest BCUT2D eigenvalue weighted by Gasteiger charge is 2.17. The van der Waals surface area contributed by atoms with Crippen molar-refractivity contribution in [1.29, 1.82) is 5.26 Å². The zero-order valence-corrected chi connectivity index (χ0v) is 10.6. The molecule has 0 atom stereocenters. The molecule has 0 fully saturated rings. The van der Waals surface area contributed by atoms with Gasteiger partial charge in [0.25, 0.3) is 0 Å². The van der Waals surface area contributed by atoms with E-state index in [1.54, 1.807) is 22.8 Å². The van der Waals surface area contributed by atoms with Crippen LogP contribution in [0.3, 0.4) is 0 Å². The number of para-hydroxylation sites is 1. The summed E-state index contributed by atoms with van der Waals surface area (Å²) < 4.78 is 6.75. The highest BCUT2D eigenvalue weighted by molar-refractivity contribution is 5.81. The lowest BCUT2D eigenvalue weighted by Gasteiger charge is -2.07. The van der Waals surface area contributed by atoms with E-state index in [0.29, 0.717) is 28.3 Å². The van der Waals surface area contributed by atoms with Crippen molar-refractivity contribution in [2.75, 3.05) is 12.8 Å². The Morgan fingerprint density at radius 1 is 1.30 bits per heavy atom. The van der Waals surface area contributed by atoms with E-state index in [1.807, 2.05) is 6.07 Å². The number of ether oxygens (including phenoxy) is 1.